The summed E-state index contributed by atoms with van der Waals surface area (Å²) in [6.45, 7) is 0.215. The van der Waals surface area contributed by atoms with Gasteiger partial charge in [0, 0.05) is 12.2 Å². The summed E-state index contributed by atoms with van der Waals surface area (Å²) >= 11 is 0. The van der Waals surface area contributed by atoms with Crippen LogP contribution in [0.2, 0.25) is 0 Å². The average molecular weight is 314 g/mol. The number of carbonyl (C=O) groups is 3. The lowest BCUT2D eigenvalue weighted by Crippen LogP contribution is -2.24. The second kappa shape index (κ2) is 7.60. The van der Waals surface area contributed by atoms with Crippen molar-refractivity contribution in [3.8, 4) is 0 Å². The van der Waals surface area contributed by atoms with E-state index in [0.29, 0.717) is 5.76 Å². The lowest BCUT2D eigenvalue weighted by atomic mass is 10.1. The second-order valence-corrected chi connectivity index (χ2v) is 4.47. The van der Waals surface area contributed by atoms with E-state index in [2.05, 4.69) is 10.6 Å². The first-order valence-electron chi connectivity index (χ1n) is 6.68. The normalized spacial score (nSPS) is 10.4. The number of benzene rings is 1. The Hall–Kier alpha value is -3.35. The number of rotatable bonds is 6. The molecule has 2 aromatic rings. The van der Waals surface area contributed by atoms with Crippen molar-refractivity contribution in [1.82, 2.24) is 5.32 Å². The molecule has 0 atom stereocenters. The van der Waals surface area contributed by atoms with E-state index in [4.69, 9.17) is 9.52 Å². The summed E-state index contributed by atoms with van der Waals surface area (Å²) in [5.74, 6) is -1.66. The van der Waals surface area contributed by atoms with Crippen LogP contribution < -0.4 is 10.6 Å². The van der Waals surface area contributed by atoms with Crippen LogP contribution in [0.5, 0.6) is 0 Å². The highest BCUT2D eigenvalue weighted by Gasteiger charge is 2.12. The minimum atomic E-state index is -1.23. The summed E-state index contributed by atoms with van der Waals surface area (Å²) in [5, 5.41) is 13.6. The highest BCUT2D eigenvalue weighted by atomic mass is 16.4. The third-order valence-electron chi connectivity index (χ3n) is 2.81. The molecule has 1 aromatic heterocycles. The number of para-hydroxylation sites is 1. The minimum absolute atomic E-state index is 0.215. The Kier molecular flexibility index (Phi) is 5.30. The predicted octanol–water partition coefficient (Wildman–Crippen LogP) is 1.79. The van der Waals surface area contributed by atoms with Crippen molar-refractivity contribution >= 4 is 23.5 Å². The molecule has 0 radical (unpaired) electrons. The van der Waals surface area contributed by atoms with Crippen LogP contribution in [0.4, 0.5) is 5.69 Å². The fourth-order valence-electron chi connectivity index (χ4n) is 1.79. The largest absolute Gasteiger partial charge is 0.478 e. The van der Waals surface area contributed by atoms with Gasteiger partial charge in [0.25, 0.3) is 5.91 Å². The van der Waals surface area contributed by atoms with Crippen molar-refractivity contribution in [2.24, 2.45) is 0 Å². The van der Waals surface area contributed by atoms with Crippen molar-refractivity contribution < 1.29 is 23.9 Å². The van der Waals surface area contributed by atoms with E-state index in [-0.39, 0.29) is 23.7 Å². The van der Waals surface area contributed by atoms with Crippen molar-refractivity contribution in [2.75, 3.05) is 5.32 Å². The molecule has 7 nitrogen and oxygen atoms in total. The van der Waals surface area contributed by atoms with E-state index in [9.17, 15) is 14.4 Å². The Morgan fingerprint density at radius 1 is 1.09 bits per heavy atom. The number of anilines is 1. The topological polar surface area (TPSA) is 109 Å². The van der Waals surface area contributed by atoms with Gasteiger partial charge in [0.1, 0.15) is 5.76 Å². The van der Waals surface area contributed by atoms with Crippen molar-refractivity contribution in [1.29, 1.82) is 0 Å². The second-order valence-electron chi connectivity index (χ2n) is 4.47. The van der Waals surface area contributed by atoms with Crippen LogP contribution in [0.25, 0.3) is 0 Å². The zero-order valence-electron chi connectivity index (χ0n) is 12.0. The fraction of sp³-hybridized carbons (Fsp3) is 0.0625. The minimum Gasteiger partial charge on any atom is -0.478 e. The number of hydrogen-bond acceptors (Lipinski definition) is 4. The van der Waals surface area contributed by atoms with Gasteiger partial charge in [-0.15, -0.1) is 0 Å². The smallest absolute Gasteiger partial charge is 0.328 e. The van der Waals surface area contributed by atoms with E-state index >= 15 is 0 Å². The molecule has 0 saturated heterocycles. The molecule has 0 saturated carbocycles. The Bertz CT molecular complexity index is 735. The molecular formula is C16H14N2O5. The van der Waals surface area contributed by atoms with Gasteiger partial charge < -0.3 is 20.2 Å². The Morgan fingerprint density at radius 3 is 2.57 bits per heavy atom. The van der Waals surface area contributed by atoms with Gasteiger partial charge in [-0.1, -0.05) is 12.1 Å². The summed E-state index contributed by atoms with van der Waals surface area (Å²) in [5.41, 5.74) is 0.542. The van der Waals surface area contributed by atoms with Crippen LogP contribution in [0.1, 0.15) is 16.1 Å². The lowest BCUT2D eigenvalue weighted by molar-refractivity contribution is -0.131. The van der Waals surface area contributed by atoms with Crippen LogP contribution in [0, 0.1) is 0 Å². The molecule has 0 unspecified atom stereocenters. The van der Waals surface area contributed by atoms with Crippen LogP contribution in [-0.4, -0.2) is 22.9 Å². The van der Waals surface area contributed by atoms with Crippen LogP contribution in [0.15, 0.2) is 59.2 Å². The van der Waals surface area contributed by atoms with Gasteiger partial charge in [-0.2, -0.15) is 0 Å². The molecule has 0 bridgehead atoms. The van der Waals surface area contributed by atoms with E-state index < -0.39 is 11.9 Å². The molecule has 0 aliphatic rings. The molecular weight excluding hydrogens is 300 g/mol. The Labute approximate surface area is 131 Å². The van der Waals surface area contributed by atoms with E-state index in [0.717, 1.165) is 12.2 Å². The Balaban J connectivity index is 2.05. The number of carboxylic acids is 1. The molecule has 3 N–H and O–H groups in total. The molecule has 2 rings (SSSR count). The van der Waals surface area contributed by atoms with Crippen LogP contribution >= 0.6 is 0 Å². The number of furan rings is 1. The van der Waals surface area contributed by atoms with E-state index in [1.807, 2.05) is 0 Å². The van der Waals surface area contributed by atoms with E-state index in [1.165, 1.54) is 6.26 Å². The zero-order valence-corrected chi connectivity index (χ0v) is 12.0. The molecule has 1 heterocycles. The molecule has 2 amide bonds. The van der Waals surface area contributed by atoms with Crippen LogP contribution in [0.3, 0.4) is 0 Å². The molecule has 1 aromatic carbocycles. The summed E-state index contributed by atoms with van der Waals surface area (Å²) in [7, 11) is 0. The van der Waals surface area contributed by atoms with Gasteiger partial charge in [-0.25, -0.2) is 4.79 Å². The third kappa shape index (κ3) is 4.85. The number of nitrogens with one attached hydrogen (secondary N) is 2. The maximum Gasteiger partial charge on any atom is 0.328 e. The highest BCUT2D eigenvalue weighted by molar-refractivity contribution is 6.07. The van der Waals surface area contributed by atoms with Crippen molar-refractivity contribution in [3.63, 3.8) is 0 Å². The summed E-state index contributed by atoms with van der Waals surface area (Å²) in [6.07, 6.45) is 3.10. The standard InChI is InChI=1S/C16H14N2O5/c19-14(7-8-15(20)21)18-13-6-2-1-5-12(13)16(22)17-10-11-4-3-9-23-11/h1-9H,10H2,(H,17,22)(H,18,19)(H,20,21). The monoisotopic (exact) mass is 314 g/mol. The van der Waals surface area contributed by atoms with Crippen molar-refractivity contribution in [3.05, 3.63) is 66.1 Å². The molecule has 0 aliphatic carbocycles. The highest BCUT2D eigenvalue weighted by Crippen LogP contribution is 2.15. The molecule has 0 aliphatic heterocycles. The van der Waals surface area contributed by atoms with Crippen molar-refractivity contribution in [2.45, 2.75) is 6.54 Å². The molecule has 23 heavy (non-hydrogen) atoms. The summed E-state index contributed by atoms with van der Waals surface area (Å²) in [4.78, 5) is 34.2. The number of aliphatic carboxylic acids is 1. The summed E-state index contributed by atoms with van der Waals surface area (Å²) < 4.78 is 5.12. The average Bonchev–Trinajstić information content (AvgIpc) is 3.04. The number of amides is 2. The van der Waals surface area contributed by atoms with Gasteiger partial charge in [-0.05, 0) is 24.3 Å². The number of carboxylic acid groups (broad SMARTS) is 1. The predicted molar refractivity (Wildman–Crippen MR) is 81.7 cm³/mol. The lowest BCUT2D eigenvalue weighted by Gasteiger charge is -2.09. The van der Waals surface area contributed by atoms with Gasteiger partial charge >= 0.3 is 5.97 Å². The Morgan fingerprint density at radius 2 is 1.87 bits per heavy atom. The van der Waals surface area contributed by atoms with E-state index in [1.54, 1.807) is 36.4 Å². The maximum atomic E-state index is 12.2. The van der Waals surface area contributed by atoms with Gasteiger partial charge in [0.05, 0.1) is 24.1 Å². The SMILES string of the molecule is O=C(O)C=CC(=O)Nc1ccccc1C(=O)NCc1ccco1. The van der Waals surface area contributed by atoms with Crippen LogP contribution in [-0.2, 0) is 16.1 Å². The first-order chi connectivity index (χ1) is 11.1. The van der Waals surface area contributed by atoms with Gasteiger partial charge in [0.15, 0.2) is 0 Å². The fourth-order valence-corrected chi connectivity index (χ4v) is 1.79. The maximum absolute atomic E-state index is 12.2. The molecule has 118 valence electrons. The number of carbonyl (C=O) groups excluding carboxylic acids is 2. The van der Waals surface area contributed by atoms with Gasteiger partial charge in [0.2, 0.25) is 5.91 Å². The molecule has 0 fully saturated rings. The number of hydrogen-bond donors (Lipinski definition) is 3. The third-order valence-corrected chi connectivity index (χ3v) is 2.81. The first-order valence-corrected chi connectivity index (χ1v) is 6.68. The molecule has 7 heteroatoms. The zero-order chi connectivity index (χ0) is 16.7. The summed E-state index contributed by atoms with van der Waals surface area (Å²) in [6, 6.07) is 9.85. The molecule has 0 spiro atoms. The first kappa shape index (κ1) is 16.0. The van der Waals surface area contributed by atoms with Gasteiger partial charge in [-0.3, -0.25) is 9.59 Å². The quantitative estimate of drug-likeness (QED) is 0.704.